The molecule has 0 spiro atoms. The SMILES string of the molecule is CCCCCCN(C(=O)C(CCC(N)=O)NC(=O)OC(C)(C)C)C(C(=O)NCCC(=O)OCC)c1cccc(O)c1. The van der Waals surface area contributed by atoms with Gasteiger partial charge in [-0.05, 0) is 58.2 Å². The van der Waals surface area contributed by atoms with Gasteiger partial charge in [0.05, 0.1) is 13.0 Å². The number of hydrogen-bond acceptors (Lipinski definition) is 8. The summed E-state index contributed by atoms with van der Waals surface area (Å²) in [7, 11) is 0. The van der Waals surface area contributed by atoms with Gasteiger partial charge in [-0.3, -0.25) is 19.2 Å². The molecule has 12 nitrogen and oxygen atoms in total. The Kier molecular flexibility index (Phi) is 15.3. The van der Waals surface area contributed by atoms with Crippen molar-refractivity contribution in [3.8, 4) is 5.75 Å². The van der Waals surface area contributed by atoms with E-state index in [-0.39, 0.29) is 44.7 Å². The molecule has 0 aliphatic heterocycles. The van der Waals surface area contributed by atoms with Crippen molar-refractivity contribution < 1.29 is 38.6 Å². The number of alkyl carbamates (subject to hydrolysis) is 1. The standard InChI is InChI=1S/C29H46N4O8/c1-6-8-9-10-18-33(27(38)22(14-15-23(30)35)32-28(39)41-29(3,4)5)25(20-12-11-13-21(34)19-20)26(37)31-17-16-24(36)40-7-2/h11-13,19,22,25,34H,6-10,14-18H2,1-5H3,(H2,30,35)(H,31,37)(H,32,39). The molecule has 5 N–H and O–H groups in total. The van der Waals surface area contributed by atoms with Gasteiger partial charge in [0.25, 0.3) is 0 Å². The molecular formula is C29H46N4O8. The normalized spacial score (nSPS) is 12.5. The molecule has 1 rings (SSSR count). The number of carbonyl (C=O) groups excluding carboxylic acids is 5. The van der Waals surface area contributed by atoms with Gasteiger partial charge < -0.3 is 35.8 Å². The Hall–Kier alpha value is -3.83. The molecule has 0 aliphatic rings. The zero-order valence-corrected chi connectivity index (χ0v) is 24.9. The highest BCUT2D eigenvalue weighted by Crippen LogP contribution is 2.27. The minimum atomic E-state index is -1.23. The van der Waals surface area contributed by atoms with Crippen molar-refractivity contribution in [2.24, 2.45) is 5.73 Å². The summed E-state index contributed by atoms with van der Waals surface area (Å²) in [6.45, 7) is 9.05. The molecule has 12 heteroatoms. The molecule has 0 radical (unpaired) electrons. The lowest BCUT2D eigenvalue weighted by Crippen LogP contribution is -2.53. The summed E-state index contributed by atoms with van der Waals surface area (Å²) in [5.41, 5.74) is 4.83. The Balaban J connectivity index is 3.45. The van der Waals surface area contributed by atoms with Crippen LogP contribution in [0.4, 0.5) is 4.79 Å². The fourth-order valence-electron chi connectivity index (χ4n) is 4.05. The van der Waals surface area contributed by atoms with E-state index in [1.54, 1.807) is 39.8 Å². The molecule has 41 heavy (non-hydrogen) atoms. The van der Waals surface area contributed by atoms with Crippen molar-refractivity contribution in [1.29, 1.82) is 0 Å². The Morgan fingerprint density at radius 2 is 1.76 bits per heavy atom. The third kappa shape index (κ3) is 13.9. The number of amides is 4. The Labute approximate surface area is 242 Å². The van der Waals surface area contributed by atoms with Gasteiger partial charge in [-0.2, -0.15) is 0 Å². The molecule has 1 aromatic carbocycles. The average Bonchev–Trinajstić information content (AvgIpc) is 2.86. The van der Waals surface area contributed by atoms with Gasteiger partial charge in [-0.1, -0.05) is 38.3 Å². The van der Waals surface area contributed by atoms with Crippen molar-refractivity contribution in [2.45, 2.75) is 97.2 Å². The summed E-state index contributed by atoms with van der Waals surface area (Å²) < 4.78 is 10.2. The van der Waals surface area contributed by atoms with Crippen LogP contribution in [0.1, 0.15) is 91.2 Å². The predicted molar refractivity (Wildman–Crippen MR) is 153 cm³/mol. The van der Waals surface area contributed by atoms with E-state index in [2.05, 4.69) is 10.6 Å². The van der Waals surface area contributed by atoms with E-state index in [1.807, 2.05) is 6.92 Å². The summed E-state index contributed by atoms with van der Waals surface area (Å²) in [4.78, 5) is 65.1. The first-order chi connectivity index (χ1) is 19.3. The van der Waals surface area contributed by atoms with Crippen LogP contribution in [-0.4, -0.2) is 71.1 Å². The van der Waals surface area contributed by atoms with E-state index in [4.69, 9.17) is 15.2 Å². The number of hydrogen-bond donors (Lipinski definition) is 4. The van der Waals surface area contributed by atoms with Crippen molar-refractivity contribution in [3.63, 3.8) is 0 Å². The highest BCUT2D eigenvalue weighted by atomic mass is 16.6. The fourth-order valence-corrected chi connectivity index (χ4v) is 4.05. The zero-order chi connectivity index (χ0) is 31.0. The Bertz CT molecular complexity index is 1020. The Morgan fingerprint density at radius 1 is 1.05 bits per heavy atom. The quantitative estimate of drug-likeness (QED) is 0.161. The lowest BCUT2D eigenvalue weighted by molar-refractivity contribution is -0.144. The maximum Gasteiger partial charge on any atom is 0.408 e. The number of nitrogens with zero attached hydrogens (tertiary/aromatic N) is 1. The largest absolute Gasteiger partial charge is 0.508 e. The smallest absolute Gasteiger partial charge is 0.408 e. The van der Waals surface area contributed by atoms with E-state index in [0.29, 0.717) is 12.0 Å². The lowest BCUT2D eigenvalue weighted by atomic mass is 10.0. The van der Waals surface area contributed by atoms with E-state index >= 15 is 0 Å². The highest BCUT2D eigenvalue weighted by molar-refractivity contribution is 5.92. The molecule has 0 fully saturated rings. The first-order valence-corrected chi connectivity index (χ1v) is 14.1. The maximum atomic E-state index is 14.1. The molecule has 0 aromatic heterocycles. The second kappa shape index (κ2) is 17.8. The number of nitrogens with two attached hydrogens (primary N) is 1. The highest BCUT2D eigenvalue weighted by Gasteiger charge is 2.36. The number of primary amides is 1. The van der Waals surface area contributed by atoms with Gasteiger partial charge in [0, 0.05) is 19.5 Å². The second-order valence-corrected chi connectivity index (χ2v) is 10.6. The molecule has 0 aliphatic carbocycles. The predicted octanol–water partition coefficient (Wildman–Crippen LogP) is 3.07. The van der Waals surface area contributed by atoms with E-state index in [0.717, 1.165) is 19.3 Å². The molecule has 0 bridgehead atoms. The molecular weight excluding hydrogens is 532 g/mol. The van der Waals surface area contributed by atoms with Gasteiger partial charge in [0.15, 0.2) is 0 Å². The summed E-state index contributed by atoms with van der Waals surface area (Å²) in [6, 6.07) is 3.52. The molecule has 0 saturated carbocycles. The monoisotopic (exact) mass is 578 g/mol. The second-order valence-electron chi connectivity index (χ2n) is 10.6. The number of phenolic OH excluding ortho intramolecular Hbond substituents is 1. The van der Waals surface area contributed by atoms with Gasteiger partial charge in [-0.15, -0.1) is 0 Å². The van der Waals surface area contributed by atoms with Crippen LogP contribution in [0, 0.1) is 0 Å². The van der Waals surface area contributed by atoms with Crippen molar-refractivity contribution >= 4 is 29.8 Å². The fraction of sp³-hybridized carbons (Fsp3) is 0.621. The molecule has 2 atom stereocenters. The summed E-state index contributed by atoms with van der Waals surface area (Å²) in [5, 5.41) is 15.4. The third-order valence-electron chi connectivity index (χ3n) is 5.88. The number of phenols is 1. The number of unbranched alkanes of at least 4 members (excludes halogenated alkanes) is 3. The van der Waals surface area contributed by atoms with Crippen molar-refractivity contribution in [2.75, 3.05) is 19.7 Å². The minimum absolute atomic E-state index is 0.0356. The third-order valence-corrected chi connectivity index (χ3v) is 5.88. The van der Waals surface area contributed by atoms with Crippen LogP contribution in [0.25, 0.3) is 0 Å². The molecule has 4 amide bonds. The summed E-state index contributed by atoms with van der Waals surface area (Å²) in [6.07, 6.45) is 1.94. The number of aromatic hydroxyl groups is 1. The van der Waals surface area contributed by atoms with Gasteiger partial charge in [-0.25, -0.2) is 4.79 Å². The van der Waals surface area contributed by atoms with Crippen molar-refractivity contribution in [1.82, 2.24) is 15.5 Å². The Morgan fingerprint density at radius 3 is 2.34 bits per heavy atom. The summed E-state index contributed by atoms with van der Waals surface area (Å²) in [5.74, 6) is -2.47. The number of benzene rings is 1. The molecule has 0 heterocycles. The van der Waals surface area contributed by atoms with Crippen LogP contribution in [0.5, 0.6) is 5.75 Å². The van der Waals surface area contributed by atoms with Gasteiger partial charge in [0.2, 0.25) is 17.7 Å². The molecule has 1 aromatic rings. The molecule has 2 unspecified atom stereocenters. The lowest BCUT2D eigenvalue weighted by Gasteiger charge is -2.34. The van der Waals surface area contributed by atoms with Crippen LogP contribution in [-0.2, 0) is 28.7 Å². The van der Waals surface area contributed by atoms with Crippen LogP contribution in [0.2, 0.25) is 0 Å². The molecule has 0 saturated heterocycles. The number of rotatable bonds is 17. The van der Waals surface area contributed by atoms with E-state index in [1.165, 1.54) is 17.0 Å². The van der Waals surface area contributed by atoms with E-state index < -0.39 is 47.5 Å². The minimum Gasteiger partial charge on any atom is -0.508 e. The maximum absolute atomic E-state index is 14.1. The van der Waals surface area contributed by atoms with Crippen LogP contribution in [0.15, 0.2) is 24.3 Å². The van der Waals surface area contributed by atoms with E-state index in [9.17, 15) is 29.1 Å². The molecule has 230 valence electrons. The summed E-state index contributed by atoms with van der Waals surface area (Å²) >= 11 is 0. The van der Waals surface area contributed by atoms with Gasteiger partial charge in [0.1, 0.15) is 23.4 Å². The van der Waals surface area contributed by atoms with Crippen LogP contribution in [0.3, 0.4) is 0 Å². The topological polar surface area (TPSA) is 177 Å². The number of carbonyl (C=O) groups is 5. The van der Waals surface area contributed by atoms with Crippen molar-refractivity contribution in [3.05, 3.63) is 29.8 Å². The van der Waals surface area contributed by atoms with Crippen LogP contribution < -0.4 is 16.4 Å². The average molecular weight is 579 g/mol. The first-order valence-electron chi connectivity index (χ1n) is 14.1. The first kappa shape index (κ1) is 35.2. The number of ether oxygens (including phenoxy) is 2. The van der Waals surface area contributed by atoms with Crippen LogP contribution >= 0.6 is 0 Å². The number of nitrogens with one attached hydrogen (secondary N) is 2. The number of esters is 1. The zero-order valence-electron chi connectivity index (χ0n) is 24.9. The van der Waals surface area contributed by atoms with Gasteiger partial charge >= 0.3 is 12.1 Å².